The molecule has 0 aromatic carbocycles. The van der Waals surface area contributed by atoms with Crippen molar-refractivity contribution in [3.63, 3.8) is 0 Å². The van der Waals surface area contributed by atoms with Crippen LogP contribution in [0.2, 0.25) is 0 Å². The fourth-order valence-corrected chi connectivity index (χ4v) is 3.47. The van der Waals surface area contributed by atoms with Crippen molar-refractivity contribution in [3.8, 4) is 0 Å². The Balaban J connectivity index is 2.35. The molecule has 1 N–H and O–H groups in total. The molecule has 0 aromatic rings. The number of unbranched alkanes of at least 4 members (excludes halogenated alkanes) is 1. The van der Waals surface area contributed by atoms with Crippen molar-refractivity contribution in [2.45, 2.75) is 52.0 Å². The van der Waals surface area contributed by atoms with Crippen molar-refractivity contribution < 1.29 is 8.42 Å². The van der Waals surface area contributed by atoms with Gasteiger partial charge < -0.3 is 0 Å². The summed E-state index contributed by atoms with van der Waals surface area (Å²) in [4.78, 5) is 0. The second-order valence-electron chi connectivity index (χ2n) is 4.41. The topological polar surface area (TPSA) is 46.2 Å². The lowest BCUT2D eigenvalue weighted by atomic mass is 10.1. The number of nitrogens with one attached hydrogen (secondary N) is 1. The molecule has 2 unspecified atom stereocenters. The number of hydrogen-bond acceptors (Lipinski definition) is 2. The fourth-order valence-electron chi connectivity index (χ4n) is 1.96. The molecule has 1 rings (SSSR count). The monoisotopic (exact) mass is 219 g/mol. The maximum atomic E-state index is 11.5. The van der Waals surface area contributed by atoms with Crippen LogP contribution >= 0.6 is 0 Å². The average molecular weight is 219 g/mol. The SMILES string of the molecule is CCCCS(=O)(=O)NC1CCC(C)C1. The highest BCUT2D eigenvalue weighted by atomic mass is 32.2. The summed E-state index contributed by atoms with van der Waals surface area (Å²) in [6.07, 6.45) is 4.86. The lowest BCUT2D eigenvalue weighted by molar-refractivity contribution is 0.536. The van der Waals surface area contributed by atoms with E-state index < -0.39 is 10.0 Å². The van der Waals surface area contributed by atoms with Gasteiger partial charge >= 0.3 is 0 Å². The molecule has 0 amide bonds. The average Bonchev–Trinajstić information content (AvgIpc) is 2.47. The molecule has 0 heterocycles. The highest BCUT2D eigenvalue weighted by molar-refractivity contribution is 7.89. The first kappa shape index (κ1) is 12.0. The minimum absolute atomic E-state index is 0.201. The molecule has 0 bridgehead atoms. The van der Waals surface area contributed by atoms with Crippen molar-refractivity contribution >= 4 is 10.0 Å². The van der Waals surface area contributed by atoms with Crippen LogP contribution in [0.25, 0.3) is 0 Å². The van der Waals surface area contributed by atoms with Crippen molar-refractivity contribution in [3.05, 3.63) is 0 Å². The van der Waals surface area contributed by atoms with Crippen LogP contribution in [0.5, 0.6) is 0 Å². The van der Waals surface area contributed by atoms with E-state index in [0.29, 0.717) is 5.92 Å². The van der Waals surface area contributed by atoms with Gasteiger partial charge in [-0.15, -0.1) is 0 Å². The Hall–Kier alpha value is -0.0900. The summed E-state index contributed by atoms with van der Waals surface area (Å²) in [7, 11) is -3.00. The molecule has 84 valence electrons. The molecule has 4 heteroatoms. The zero-order valence-electron chi connectivity index (χ0n) is 9.12. The van der Waals surface area contributed by atoms with Crippen LogP contribution in [0.3, 0.4) is 0 Å². The predicted octanol–water partition coefficient (Wildman–Crippen LogP) is 1.89. The summed E-state index contributed by atoms with van der Waals surface area (Å²) in [5.41, 5.74) is 0. The van der Waals surface area contributed by atoms with Crippen LogP contribution < -0.4 is 4.72 Å². The zero-order valence-corrected chi connectivity index (χ0v) is 9.94. The molecule has 0 radical (unpaired) electrons. The first-order valence-corrected chi connectivity index (χ1v) is 7.18. The summed E-state index contributed by atoms with van der Waals surface area (Å²) in [6, 6.07) is 0.201. The molecule has 1 aliphatic carbocycles. The molecular weight excluding hydrogens is 198 g/mol. The molecule has 1 fully saturated rings. The van der Waals surface area contributed by atoms with Gasteiger partial charge in [0.15, 0.2) is 0 Å². The maximum Gasteiger partial charge on any atom is 0.211 e. The molecule has 2 atom stereocenters. The summed E-state index contributed by atoms with van der Waals surface area (Å²) in [5.74, 6) is 0.961. The van der Waals surface area contributed by atoms with E-state index in [4.69, 9.17) is 0 Å². The summed E-state index contributed by atoms with van der Waals surface area (Å²) < 4.78 is 25.9. The Labute approximate surface area is 87.3 Å². The molecule has 0 spiro atoms. The van der Waals surface area contributed by atoms with Gasteiger partial charge in [0, 0.05) is 6.04 Å². The smallest absolute Gasteiger partial charge is 0.211 e. The van der Waals surface area contributed by atoms with E-state index >= 15 is 0 Å². The third-order valence-electron chi connectivity index (χ3n) is 2.81. The minimum atomic E-state index is -3.00. The van der Waals surface area contributed by atoms with Crippen LogP contribution in [-0.4, -0.2) is 20.2 Å². The van der Waals surface area contributed by atoms with E-state index in [0.717, 1.165) is 32.1 Å². The highest BCUT2D eigenvalue weighted by Gasteiger charge is 2.24. The Morgan fingerprint density at radius 3 is 2.57 bits per heavy atom. The molecular formula is C10H21NO2S. The quantitative estimate of drug-likeness (QED) is 0.767. The van der Waals surface area contributed by atoms with Gasteiger partial charge in [-0.1, -0.05) is 20.3 Å². The Morgan fingerprint density at radius 1 is 1.36 bits per heavy atom. The first-order chi connectivity index (χ1) is 6.53. The van der Waals surface area contributed by atoms with Gasteiger partial charge in [-0.3, -0.25) is 0 Å². The molecule has 3 nitrogen and oxygen atoms in total. The number of sulfonamides is 1. The van der Waals surface area contributed by atoms with Crippen LogP contribution in [0.15, 0.2) is 0 Å². The van der Waals surface area contributed by atoms with E-state index in [9.17, 15) is 8.42 Å². The van der Waals surface area contributed by atoms with E-state index in [1.165, 1.54) is 0 Å². The Morgan fingerprint density at radius 2 is 2.07 bits per heavy atom. The Kier molecular flexibility index (Phi) is 4.38. The number of hydrogen-bond donors (Lipinski definition) is 1. The number of rotatable bonds is 5. The van der Waals surface area contributed by atoms with Crippen LogP contribution in [0.1, 0.15) is 46.0 Å². The third kappa shape index (κ3) is 3.96. The van der Waals surface area contributed by atoms with Crippen molar-refractivity contribution in [2.24, 2.45) is 5.92 Å². The van der Waals surface area contributed by atoms with Gasteiger partial charge in [0.2, 0.25) is 10.0 Å². The molecule has 0 aliphatic heterocycles. The van der Waals surface area contributed by atoms with Gasteiger partial charge in [-0.25, -0.2) is 13.1 Å². The summed E-state index contributed by atoms with van der Waals surface area (Å²) >= 11 is 0. The summed E-state index contributed by atoms with van der Waals surface area (Å²) in [6.45, 7) is 4.19. The second-order valence-corrected chi connectivity index (χ2v) is 6.28. The lowest BCUT2D eigenvalue weighted by Crippen LogP contribution is -2.34. The second kappa shape index (κ2) is 5.12. The van der Waals surface area contributed by atoms with Gasteiger partial charge in [0.05, 0.1) is 5.75 Å². The molecule has 14 heavy (non-hydrogen) atoms. The van der Waals surface area contributed by atoms with Crippen LogP contribution in [0, 0.1) is 5.92 Å². The highest BCUT2D eigenvalue weighted by Crippen LogP contribution is 2.25. The van der Waals surface area contributed by atoms with Crippen molar-refractivity contribution in [1.29, 1.82) is 0 Å². The molecule has 1 aliphatic rings. The van der Waals surface area contributed by atoms with E-state index in [2.05, 4.69) is 11.6 Å². The van der Waals surface area contributed by atoms with Gasteiger partial charge in [-0.2, -0.15) is 0 Å². The van der Waals surface area contributed by atoms with Gasteiger partial charge in [-0.05, 0) is 31.6 Å². The Bertz CT molecular complexity index is 261. The first-order valence-electron chi connectivity index (χ1n) is 5.53. The van der Waals surface area contributed by atoms with Gasteiger partial charge in [0.25, 0.3) is 0 Å². The molecule has 0 aromatic heterocycles. The molecule has 0 saturated heterocycles. The van der Waals surface area contributed by atoms with Crippen molar-refractivity contribution in [1.82, 2.24) is 4.72 Å². The maximum absolute atomic E-state index is 11.5. The fraction of sp³-hybridized carbons (Fsp3) is 1.00. The lowest BCUT2D eigenvalue weighted by Gasteiger charge is -2.12. The minimum Gasteiger partial charge on any atom is -0.212 e. The van der Waals surface area contributed by atoms with Gasteiger partial charge in [0.1, 0.15) is 0 Å². The summed E-state index contributed by atoms with van der Waals surface area (Å²) in [5, 5.41) is 0. The van der Waals surface area contributed by atoms with Crippen molar-refractivity contribution in [2.75, 3.05) is 5.75 Å². The molecule has 1 saturated carbocycles. The van der Waals surface area contributed by atoms with E-state index in [1.807, 2.05) is 6.92 Å². The third-order valence-corrected chi connectivity index (χ3v) is 4.33. The largest absolute Gasteiger partial charge is 0.212 e. The zero-order chi connectivity index (χ0) is 10.6. The normalized spacial score (nSPS) is 28.1. The standard InChI is InChI=1S/C10H21NO2S/c1-3-4-7-14(12,13)11-10-6-5-9(2)8-10/h9-11H,3-8H2,1-2H3. The predicted molar refractivity (Wildman–Crippen MR) is 58.6 cm³/mol. The van der Waals surface area contributed by atoms with Crippen LogP contribution in [-0.2, 0) is 10.0 Å². The van der Waals surface area contributed by atoms with E-state index in [-0.39, 0.29) is 11.8 Å². The van der Waals surface area contributed by atoms with Crippen LogP contribution in [0.4, 0.5) is 0 Å². The van der Waals surface area contributed by atoms with E-state index in [1.54, 1.807) is 0 Å².